The van der Waals surface area contributed by atoms with Crippen LogP contribution in [0.1, 0.15) is 92.4 Å². The van der Waals surface area contributed by atoms with Gasteiger partial charge in [-0.05, 0) is 87.4 Å². The van der Waals surface area contributed by atoms with E-state index in [-0.39, 0.29) is 5.41 Å². The van der Waals surface area contributed by atoms with E-state index >= 15 is 0 Å². The first-order chi connectivity index (χ1) is 11.8. The van der Waals surface area contributed by atoms with Crippen LogP contribution in [-0.4, -0.2) is 5.92 Å². The molecule has 0 nitrogen and oxygen atoms in total. The largest absolute Gasteiger partial charge is 0.248 e. The van der Waals surface area contributed by atoms with Gasteiger partial charge in [-0.1, -0.05) is 46.3 Å². The molecule has 2 aliphatic carbocycles. The SMILES string of the molecule is CCC(/C=C/CCC1C(CC)CCC2(C)C1CCC2C(C)(F)F)CC. The number of allylic oxidation sites excluding steroid dienone is 2. The molecule has 0 spiro atoms. The van der Waals surface area contributed by atoms with E-state index in [0.29, 0.717) is 17.8 Å². The molecule has 0 radical (unpaired) electrons. The fourth-order valence-electron chi connectivity index (χ4n) is 6.28. The predicted molar refractivity (Wildman–Crippen MR) is 104 cm³/mol. The van der Waals surface area contributed by atoms with Crippen molar-refractivity contribution in [2.24, 2.45) is 35.0 Å². The second-order valence-corrected chi connectivity index (χ2v) is 9.15. The zero-order chi connectivity index (χ0) is 18.7. The zero-order valence-corrected chi connectivity index (χ0v) is 17.2. The van der Waals surface area contributed by atoms with E-state index in [4.69, 9.17) is 0 Å². The van der Waals surface area contributed by atoms with Gasteiger partial charge in [0, 0.05) is 5.92 Å². The number of hydrogen-bond acceptors (Lipinski definition) is 0. The van der Waals surface area contributed by atoms with Gasteiger partial charge in [0.05, 0.1) is 0 Å². The molecule has 2 saturated carbocycles. The minimum absolute atomic E-state index is 0.145. The van der Waals surface area contributed by atoms with Crippen molar-refractivity contribution >= 4 is 0 Å². The molecule has 2 aliphatic rings. The fourth-order valence-corrected chi connectivity index (χ4v) is 6.28. The van der Waals surface area contributed by atoms with Gasteiger partial charge in [-0.3, -0.25) is 0 Å². The lowest BCUT2D eigenvalue weighted by atomic mass is 9.56. The summed E-state index contributed by atoms with van der Waals surface area (Å²) in [5.41, 5.74) is -0.145. The number of halogens is 2. The molecule has 5 unspecified atom stereocenters. The third-order valence-electron chi connectivity index (χ3n) is 7.85. The Bertz CT molecular complexity index is 432. The lowest BCUT2D eigenvalue weighted by Crippen LogP contribution is -2.45. The molecule has 2 heteroatoms. The molecule has 0 heterocycles. The molecule has 0 N–H and O–H groups in total. The second kappa shape index (κ2) is 8.53. The number of rotatable bonds is 8. The Labute approximate surface area is 154 Å². The summed E-state index contributed by atoms with van der Waals surface area (Å²) in [7, 11) is 0. The average Bonchev–Trinajstić information content (AvgIpc) is 2.92. The second-order valence-electron chi connectivity index (χ2n) is 9.15. The van der Waals surface area contributed by atoms with Gasteiger partial charge in [0.2, 0.25) is 5.92 Å². The van der Waals surface area contributed by atoms with Crippen LogP contribution in [0.25, 0.3) is 0 Å². The molecule has 5 atom stereocenters. The van der Waals surface area contributed by atoms with Crippen molar-refractivity contribution in [3.05, 3.63) is 12.2 Å². The van der Waals surface area contributed by atoms with Crippen molar-refractivity contribution in [2.75, 3.05) is 0 Å². The highest BCUT2D eigenvalue weighted by molar-refractivity contribution is 5.05. The molecule has 0 aromatic carbocycles. The third kappa shape index (κ3) is 4.48. The van der Waals surface area contributed by atoms with Crippen molar-refractivity contribution in [2.45, 2.75) is 98.3 Å². The van der Waals surface area contributed by atoms with Crippen molar-refractivity contribution in [1.82, 2.24) is 0 Å². The van der Waals surface area contributed by atoms with E-state index in [2.05, 4.69) is 39.8 Å². The van der Waals surface area contributed by atoms with Gasteiger partial charge in [-0.2, -0.15) is 0 Å². The van der Waals surface area contributed by atoms with Gasteiger partial charge in [0.1, 0.15) is 0 Å². The minimum Gasteiger partial charge on any atom is -0.207 e. The molecule has 0 aromatic rings. The van der Waals surface area contributed by atoms with Crippen LogP contribution in [0.3, 0.4) is 0 Å². The van der Waals surface area contributed by atoms with Crippen LogP contribution in [0, 0.1) is 35.0 Å². The molecule has 146 valence electrons. The first-order valence-corrected chi connectivity index (χ1v) is 10.8. The highest BCUT2D eigenvalue weighted by Gasteiger charge is 2.58. The first-order valence-electron chi connectivity index (χ1n) is 10.8. The van der Waals surface area contributed by atoms with Crippen LogP contribution in [0.15, 0.2) is 12.2 Å². The summed E-state index contributed by atoms with van der Waals surface area (Å²) >= 11 is 0. The molecule has 0 amide bonds. The van der Waals surface area contributed by atoms with Crippen LogP contribution >= 0.6 is 0 Å². The van der Waals surface area contributed by atoms with Crippen molar-refractivity contribution in [3.8, 4) is 0 Å². The number of hydrogen-bond donors (Lipinski definition) is 0. The maximum atomic E-state index is 14.2. The molecular weight excluding hydrogens is 314 g/mol. The predicted octanol–water partition coefficient (Wildman–Crippen LogP) is 7.88. The van der Waals surface area contributed by atoms with Crippen molar-refractivity contribution in [1.29, 1.82) is 0 Å². The summed E-state index contributed by atoms with van der Waals surface area (Å²) in [5.74, 6) is -0.351. The standard InChI is InChI=1S/C23H40F2/c1-6-17(7-2)11-9-10-12-19-18(8-3)15-16-22(4)20(19)13-14-21(22)23(5,24)25/h9,11,17-21H,6-8,10,12-16H2,1-5H3/b11-9+. The summed E-state index contributed by atoms with van der Waals surface area (Å²) in [4.78, 5) is 0. The molecule has 2 fully saturated rings. The summed E-state index contributed by atoms with van der Waals surface area (Å²) in [5, 5.41) is 0. The molecule has 0 aromatic heterocycles. The van der Waals surface area contributed by atoms with Gasteiger partial charge < -0.3 is 0 Å². The lowest BCUT2D eigenvalue weighted by molar-refractivity contribution is -0.110. The van der Waals surface area contributed by atoms with E-state index in [9.17, 15) is 8.78 Å². The topological polar surface area (TPSA) is 0 Å². The minimum atomic E-state index is -2.53. The van der Waals surface area contributed by atoms with Crippen LogP contribution in [0.2, 0.25) is 0 Å². The Hall–Kier alpha value is -0.400. The van der Waals surface area contributed by atoms with Crippen LogP contribution in [-0.2, 0) is 0 Å². The summed E-state index contributed by atoms with van der Waals surface area (Å²) in [6, 6.07) is 0. The Morgan fingerprint density at radius 2 is 1.80 bits per heavy atom. The summed E-state index contributed by atoms with van der Waals surface area (Å²) < 4.78 is 28.4. The number of alkyl halides is 2. The average molecular weight is 355 g/mol. The van der Waals surface area contributed by atoms with Crippen LogP contribution in [0.5, 0.6) is 0 Å². The summed E-state index contributed by atoms with van der Waals surface area (Å²) in [6.45, 7) is 10.1. The van der Waals surface area contributed by atoms with Gasteiger partial charge >= 0.3 is 0 Å². The zero-order valence-electron chi connectivity index (χ0n) is 17.2. The molecule has 0 aliphatic heterocycles. The Morgan fingerprint density at radius 3 is 2.36 bits per heavy atom. The molecule has 0 saturated heterocycles. The maximum absolute atomic E-state index is 14.2. The number of fused-ring (bicyclic) bond motifs is 1. The van der Waals surface area contributed by atoms with Crippen molar-refractivity contribution in [3.63, 3.8) is 0 Å². The van der Waals surface area contributed by atoms with Crippen LogP contribution < -0.4 is 0 Å². The Kier molecular flexibility index (Phi) is 7.13. The molecule has 2 rings (SSSR count). The van der Waals surface area contributed by atoms with E-state index in [1.807, 2.05) is 0 Å². The fraction of sp³-hybridized carbons (Fsp3) is 0.913. The smallest absolute Gasteiger partial charge is 0.207 e. The van der Waals surface area contributed by atoms with E-state index in [1.165, 1.54) is 25.7 Å². The first kappa shape index (κ1) is 20.9. The highest BCUT2D eigenvalue weighted by atomic mass is 19.3. The quantitative estimate of drug-likeness (QED) is 0.389. The Balaban J connectivity index is 2.07. The lowest BCUT2D eigenvalue weighted by Gasteiger charge is -2.49. The van der Waals surface area contributed by atoms with Gasteiger partial charge in [0.25, 0.3) is 0 Å². The van der Waals surface area contributed by atoms with E-state index in [0.717, 1.165) is 44.9 Å². The highest BCUT2D eigenvalue weighted by Crippen LogP contribution is 2.63. The Morgan fingerprint density at radius 1 is 1.12 bits per heavy atom. The molecular formula is C23H40F2. The van der Waals surface area contributed by atoms with E-state index in [1.54, 1.807) is 0 Å². The normalized spacial score (nSPS) is 36.3. The monoisotopic (exact) mass is 354 g/mol. The maximum Gasteiger partial charge on any atom is 0.248 e. The van der Waals surface area contributed by atoms with E-state index < -0.39 is 11.8 Å². The third-order valence-corrected chi connectivity index (χ3v) is 7.85. The van der Waals surface area contributed by atoms with Crippen LogP contribution in [0.4, 0.5) is 8.78 Å². The summed E-state index contributed by atoms with van der Waals surface area (Å²) in [6.07, 6.45) is 14.6. The van der Waals surface area contributed by atoms with Gasteiger partial charge in [0.15, 0.2) is 0 Å². The van der Waals surface area contributed by atoms with Gasteiger partial charge in [-0.15, -0.1) is 0 Å². The van der Waals surface area contributed by atoms with Gasteiger partial charge in [-0.25, -0.2) is 8.78 Å². The molecule has 0 bridgehead atoms. The van der Waals surface area contributed by atoms with Crippen molar-refractivity contribution < 1.29 is 8.78 Å². The molecule has 25 heavy (non-hydrogen) atoms.